The fourth-order valence-electron chi connectivity index (χ4n) is 4.63. The monoisotopic (exact) mass is 458 g/mol. The molecule has 2 aliphatic rings. The first-order valence-electron chi connectivity index (χ1n) is 11.1. The number of carbonyl (C=O) groups is 2. The van der Waals surface area contributed by atoms with Gasteiger partial charge in [0.25, 0.3) is 5.91 Å². The second-order valence-corrected chi connectivity index (χ2v) is 11.5. The third-order valence-corrected chi connectivity index (χ3v) is 8.18. The van der Waals surface area contributed by atoms with Gasteiger partial charge >= 0.3 is 0 Å². The Morgan fingerprint density at radius 3 is 2.59 bits per heavy atom. The molecular formula is C24H30N2O5S. The van der Waals surface area contributed by atoms with Crippen molar-refractivity contribution in [2.45, 2.75) is 64.3 Å². The molecule has 0 bridgehead atoms. The summed E-state index contributed by atoms with van der Waals surface area (Å²) in [5.41, 5.74) is 1.59. The molecule has 0 spiro atoms. The van der Waals surface area contributed by atoms with E-state index in [9.17, 15) is 18.0 Å². The zero-order valence-electron chi connectivity index (χ0n) is 18.9. The molecule has 2 aromatic rings. The normalized spacial score (nSPS) is 18.9. The minimum absolute atomic E-state index is 0.00664. The second kappa shape index (κ2) is 8.48. The molecule has 1 aliphatic carbocycles. The van der Waals surface area contributed by atoms with Crippen LogP contribution in [0.1, 0.15) is 77.3 Å². The van der Waals surface area contributed by atoms with E-state index in [2.05, 4.69) is 5.32 Å². The lowest BCUT2D eigenvalue weighted by Crippen LogP contribution is -2.35. The van der Waals surface area contributed by atoms with Crippen LogP contribution in [0.4, 0.5) is 0 Å². The van der Waals surface area contributed by atoms with Crippen molar-refractivity contribution in [3.63, 3.8) is 0 Å². The van der Waals surface area contributed by atoms with Crippen LogP contribution in [-0.4, -0.2) is 37.5 Å². The molecule has 0 radical (unpaired) electrons. The molecule has 1 aromatic heterocycles. The summed E-state index contributed by atoms with van der Waals surface area (Å²) in [5, 5.41) is 2.81. The van der Waals surface area contributed by atoms with Gasteiger partial charge < -0.3 is 9.73 Å². The molecule has 8 heteroatoms. The van der Waals surface area contributed by atoms with E-state index in [4.69, 9.17) is 4.42 Å². The number of hydrogen-bond acceptors (Lipinski definition) is 5. The first-order chi connectivity index (χ1) is 15.1. The molecule has 0 saturated carbocycles. The van der Waals surface area contributed by atoms with Crippen molar-refractivity contribution < 1.29 is 22.4 Å². The number of nitrogens with zero attached hydrogens (tertiary/aromatic N) is 1. The molecule has 0 unspecified atom stereocenters. The van der Waals surface area contributed by atoms with Gasteiger partial charge in [0, 0.05) is 38.0 Å². The number of benzene rings is 1. The van der Waals surface area contributed by atoms with Crippen LogP contribution in [0.25, 0.3) is 0 Å². The zero-order valence-corrected chi connectivity index (χ0v) is 19.7. The van der Waals surface area contributed by atoms with Crippen LogP contribution in [-0.2, 0) is 23.0 Å². The fraction of sp³-hybridized carbons (Fsp3) is 0.500. The molecule has 1 aliphatic heterocycles. The topological polar surface area (TPSA) is 96.7 Å². The molecule has 172 valence electrons. The van der Waals surface area contributed by atoms with Crippen molar-refractivity contribution in [1.29, 1.82) is 0 Å². The minimum Gasteiger partial charge on any atom is -0.455 e. The Kier molecular flexibility index (Phi) is 6.02. The second-order valence-electron chi connectivity index (χ2n) is 9.59. The molecular weight excluding hydrogens is 428 g/mol. The van der Waals surface area contributed by atoms with Gasteiger partial charge in [-0.15, -0.1) is 0 Å². The highest BCUT2D eigenvalue weighted by Gasteiger charge is 2.37. The van der Waals surface area contributed by atoms with Gasteiger partial charge in [0.1, 0.15) is 5.76 Å². The van der Waals surface area contributed by atoms with E-state index in [1.807, 2.05) is 13.8 Å². The van der Waals surface area contributed by atoms with Gasteiger partial charge in [-0.1, -0.05) is 32.4 Å². The third-order valence-electron chi connectivity index (χ3n) is 6.29. The number of ketones is 1. The van der Waals surface area contributed by atoms with E-state index in [-0.39, 0.29) is 28.4 Å². The summed E-state index contributed by atoms with van der Waals surface area (Å²) in [6, 6.07) is 6.67. The molecule has 1 aromatic carbocycles. The van der Waals surface area contributed by atoms with Crippen molar-refractivity contribution in [1.82, 2.24) is 9.62 Å². The van der Waals surface area contributed by atoms with Gasteiger partial charge in [-0.3, -0.25) is 9.59 Å². The summed E-state index contributed by atoms with van der Waals surface area (Å²) >= 11 is 0. The standard InChI is InChI=1S/C24H30N2O5S/c1-16-21-19(27)13-24(2,3)14-20(21)31-22(16)23(28)25-15-17-8-7-9-18(12-17)32(29,30)26-10-5-4-6-11-26/h7-9,12H,4-6,10-11,13-15H2,1-3H3,(H,25,28). The lowest BCUT2D eigenvalue weighted by atomic mass is 9.76. The number of nitrogens with one attached hydrogen (secondary N) is 1. The van der Waals surface area contributed by atoms with Gasteiger partial charge in [-0.2, -0.15) is 4.31 Å². The molecule has 1 N–H and O–H groups in total. The maximum Gasteiger partial charge on any atom is 0.287 e. The van der Waals surface area contributed by atoms with E-state index in [0.717, 1.165) is 19.3 Å². The highest BCUT2D eigenvalue weighted by molar-refractivity contribution is 7.89. The number of hydrogen-bond donors (Lipinski definition) is 1. The summed E-state index contributed by atoms with van der Waals surface area (Å²) in [7, 11) is -3.54. The van der Waals surface area contributed by atoms with Gasteiger partial charge in [0.2, 0.25) is 10.0 Å². The minimum atomic E-state index is -3.54. The van der Waals surface area contributed by atoms with Crippen LogP contribution in [0.15, 0.2) is 33.6 Å². The summed E-state index contributed by atoms with van der Waals surface area (Å²) < 4.78 is 33.2. The molecule has 7 nitrogen and oxygen atoms in total. The van der Waals surface area contributed by atoms with Gasteiger partial charge in [-0.25, -0.2) is 8.42 Å². The van der Waals surface area contributed by atoms with E-state index in [0.29, 0.717) is 48.4 Å². The fourth-order valence-corrected chi connectivity index (χ4v) is 6.22. The average Bonchev–Trinajstić information content (AvgIpc) is 3.08. The Bertz CT molecular complexity index is 1160. The van der Waals surface area contributed by atoms with Crippen LogP contribution in [0, 0.1) is 12.3 Å². The zero-order chi connectivity index (χ0) is 23.1. The molecule has 2 heterocycles. The Hall–Kier alpha value is -2.45. The SMILES string of the molecule is Cc1c(C(=O)NCc2cccc(S(=O)(=O)N3CCCCC3)c2)oc2c1C(=O)CC(C)(C)C2. The number of sulfonamides is 1. The molecule has 1 saturated heterocycles. The summed E-state index contributed by atoms with van der Waals surface area (Å²) in [6.07, 6.45) is 3.84. The van der Waals surface area contributed by atoms with Crippen LogP contribution in [0.5, 0.6) is 0 Å². The summed E-state index contributed by atoms with van der Waals surface area (Å²) in [6.45, 7) is 7.00. The van der Waals surface area contributed by atoms with Crippen molar-refractivity contribution in [3.8, 4) is 0 Å². The number of Topliss-reactive ketones (excluding diaryl/α,β-unsaturated/α-hetero) is 1. The number of rotatable bonds is 5. The molecule has 32 heavy (non-hydrogen) atoms. The number of furan rings is 1. The Balaban J connectivity index is 1.49. The van der Waals surface area contributed by atoms with Crippen LogP contribution in [0.3, 0.4) is 0 Å². The molecule has 0 atom stereocenters. The van der Waals surface area contributed by atoms with Crippen LogP contribution < -0.4 is 5.32 Å². The lowest BCUT2D eigenvalue weighted by Gasteiger charge is -2.27. The maximum absolute atomic E-state index is 12.9. The molecule has 4 rings (SSSR count). The predicted molar refractivity (Wildman–Crippen MR) is 120 cm³/mol. The van der Waals surface area contributed by atoms with Crippen molar-refractivity contribution >= 4 is 21.7 Å². The lowest BCUT2D eigenvalue weighted by molar-refractivity contribution is 0.0888. The number of amides is 1. The van der Waals surface area contributed by atoms with E-state index in [1.54, 1.807) is 31.2 Å². The van der Waals surface area contributed by atoms with E-state index >= 15 is 0 Å². The van der Waals surface area contributed by atoms with E-state index in [1.165, 1.54) is 4.31 Å². The van der Waals surface area contributed by atoms with Crippen LogP contribution >= 0.6 is 0 Å². The Morgan fingerprint density at radius 2 is 1.88 bits per heavy atom. The van der Waals surface area contributed by atoms with Crippen molar-refractivity contribution in [2.75, 3.05) is 13.1 Å². The van der Waals surface area contributed by atoms with Gasteiger partial charge in [0.15, 0.2) is 11.5 Å². The first kappa shape index (κ1) is 22.7. The number of fused-ring (bicyclic) bond motifs is 1. The molecule has 1 amide bonds. The third kappa shape index (κ3) is 4.38. The van der Waals surface area contributed by atoms with Crippen molar-refractivity contribution in [2.24, 2.45) is 5.41 Å². The Labute approximate surface area is 189 Å². The molecule has 1 fully saturated rings. The largest absolute Gasteiger partial charge is 0.455 e. The Morgan fingerprint density at radius 1 is 1.16 bits per heavy atom. The van der Waals surface area contributed by atoms with Gasteiger partial charge in [0.05, 0.1) is 10.5 Å². The number of piperidine rings is 1. The highest BCUT2D eigenvalue weighted by Crippen LogP contribution is 2.38. The highest BCUT2D eigenvalue weighted by atomic mass is 32.2. The maximum atomic E-state index is 12.9. The summed E-state index contributed by atoms with van der Waals surface area (Å²) in [5.74, 6) is 0.320. The smallest absolute Gasteiger partial charge is 0.287 e. The van der Waals surface area contributed by atoms with Crippen LogP contribution in [0.2, 0.25) is 0 Å². The van der Waals surface area contributed by atoms with E-state index < -0.39 is 15.9 Å². The predicted octanol–water partition coefficient (Wildman–Crippen LogP) is 3.85. The number of carbonyl (C=O) groups excluding carboxylic acids is 2. The quantitative estimate of drug-likeness (QED) is 0.734. The van der Waals surface area contributed by atoms with Gasteiger partial charge in [-0.05, 0) is 42.9 Å². The van der Waals surface area contributed by atoms with Crippen molar-refractivity contribution in [3.05, 3.63) is 52.5 Å². The first-order valence-corrected chi connectivity index (χ1v) is 12.6. The summed E-state index contributed by atoms with van der Waals surface area (Å²) in [4.78, 5) is 25.6. The average molecular weight is 459 g/mol.